The molecule has 2 saturated heterocycles. The molecule has 0 spiro atoms. The summed E-state index contributed by atoms with van der Waals surface area (Å²) in [4.78, 5) is 25.9. The number of hydrogen-bond acceptors (Lipinski definition) is 6. The quantitative estimate of drug-likeness (QED) is 0.811. The van der Waals surface area contributed by atoms with Crippen molar-refractivity contribution in [3.05, 3.63) is 17.0 Å². The highest BCUT2D eigenvalue weighted by Crippen LogP contribution is 2.18. The molecule has 0 radical (unpaired) electrons. The normalized spacial score (nSPS) is 23.9. The highest BCUT2D eigenvalue weighted by Gasteiger charge is 2.30. The van der Waals surface area contributed by atoms with Crippen LogP contribution in [0.25, 0.3) is 0 Å². The van der Waals surface area contributed by atoms with Gasteiger partial charge in [-0.3, -0.25) is 9.59 Å². The van der Waals surface area contributed by atoms with Gasteiger partial charge < -0.3 is 24.2 Å². The smallest absolute Gasteiger partial charge is 0.239 e. The average Bonchev–Trinajstić information content (AvgIpc) is 2.94. The van der Waals surface area contributed by atoms with Gasteiger partial charge in [-0.15, -0.1) is 0 Å². The molecule has 144 valence electrons. The number of aryl methyl sites for hydroxylation is 2. The maximum Gasteiger partial charge on any atom is 0.239 e. The molecular formula is C18H27N3O5. The summed E-state index contributed by atoms with van der Waals surface area (Å²) in [6.45, 7) is 5.88. The van der Waals surface area contributed by atoms with Crippen molar-refractivity contribution in [1.29, 1.82) is 0 Å². The van der Waals surface area contributed by atoms with Gasteiger partial charge in [0.25, 0.3) is 0 Å². The molecule has 3 heterocycles. The van der Waals surface area contributed by atoms with Crippen LogP contribution in [-0.2, 0) is 25.7 Å². The molecule has 2 aliphatic heterocycles. The molecule has 2 fully saturated rings. The molecule has 2 amide bonds. The number of carbonyl (C=O) groups is 2. The van der Waals surface area contributed by atoms with E-state index < -0.39 is 0 Å². The molecule has 2 aliphatic rings. The summed E-state index contributed by atoms with van der Waals surface area (Å²) in [5.74, 6) is 0.658. The molecule has 2 unspecified atom stereocenters. The van der Waals surface area contributed by atoms with Crippen LogP contribution < -0.4 is 5.32 Å². The first-order valence-electron chi connectivity index (χ1n) is 9.23. The predicted molar refractivity (Wildman–Crippen MR) is 92.4 cm³/mol. The van der Waals surface area contributed by atoms with E-state index in [1.165, 1.54) is 0 Å². The first-order valence-corrected chi connectivity index (χ1v) is 9.23. The molecule has 8 nitrogen and oxygen atoms in total. The van der Waals surface area contributed by atoms with Gasteiger partial charge in [-0.25, -0.2) is 0 Å². The topological polar surface area (TPSA) is 93.9 Å². The minimum Gasteiger partial charge on any atom is -0.379 e. The zero-order chi connectivity index (χ0) is 18.5. The Hall–Kier alpha value is -1.93. The lowest BCUT2D eigenvalue weighted by Crippen LogP contribution is -2.53. The molecule has 0 aliphatic carbocycles. The van der Waals surface area contributed by atoms with Gasteiger partial charge >= 0.3 is 0 Å². The number of ether oxygens (including phenoxy) is 2. The van der Waals surface area contributed by atoms with Crippen LogP contribution in [-0.4, -0.2) is 60.3 Å². The Bertz CT molecular complexity index is 625. The lowest BCUT2D eigenvalue weighted by molar-refractivity contribution is -0.139. The SMILES string of the molecule is Cc1noc(C)c1COC1COCCC1NC(=O)CN1CCCCC1=O. The van der Waals surface area contributed by atoms with E-state index >= 15 is 0 Å². The number of carbonyl (C=O) groups excluding carboxylic acids is 2. The molecule has 1 aromatic heterocycles. The van der Waals surface area contributed by atoms with Gasteiger partial charge in [-0.05, 0) is 33.1 Å². The number of nitrogens with zero attached hydrogens (tertiary/aromatic N) is 2. The van der Waals surface area contributed by atoms with E-state index in [1.807, 2.05) is 13.8 Å². The summed E-state index contributed by atoms with van der Waals surface area (Å²) in [6, 6.07) is -0.128. The zero-order valence-corrected chi connectivity index (χ0v) is 15.5. The first kappa shape index (κ1) is 18.8. The van der Waals surface area contributed by atoms with E-state index in [2.05, 4.69) is 10.5 Å². The summed E-state index contributed by atoms with van der Waals surface area (Å²) < 4.78 is 16.7. The van der Waals surface area contributed by atoms with Gasteiger partial charge in [0.1, 0.15) is 11.9 Å². The molecule has 26 heavy (non-hydrogen) atoms. The van der Waals surface area contributed by atoms with Crippen LogP contribution >= 0.6 is 0 Å². The summed E-state index contributed by atoms with van der Waals surface area (Å²) in [7, 11) is 0. The fraction of sp³-hybridized carbons (Fsp3) is 0.722. The monoisotopic (exact) mass is 365 g/mol. The van der Waals surface area contributed by atoms with Crippen LogP contribution in [0, 0.1) is 13.8 Å². The van der Waals surface area contributed by atoms with Gasteiger partial charge in [-0.2, -0.15) is 0 Å². The molecular weight excluding hydrogens is 338 g/mol. The average molecular weight is 365 g/mol. The minimum atomic E-state index is -0.238. The minimum absolute atomic E-state index is 0.0598. The number of likely N-dealkylation sites (tertiary alicyclic amines) is 1. The van der Waals surface area contributed by atoms with Crippen LogP contribution in [0.4, 0.5) is 0 Å². The summed E-state index contributed by atoms with van der Waals surface area (Å²) in [5.41, 5.74) is 1.74. The highest BCUT2D eigenvalue weighted by molar-refractivity contribution is 5.85. The van der Waals surface area contributed by atoms with Crippen molar-refractivity contribution in [3.8, 4) is 0 Å². The Balaban J connectivity index is 1.53. The Morgan fingerprint density at radius 2 is 2.23 bits per heavy atom. The second kappa shape index (κ2) is 8.64. The van der Waals surface area contributed by atoms with Gasteiger partial charge in [0.05, 0.1) is 31.5 Å². The van der Waals surface area contributed by atoms with Crippen LogP contribution in [0.1, 0.15) is 42.7 Å². The molecule has 1 N–H and O–H groups in total. The van der Waals surface area contributed by atoms with Crippen molar-refractivity contribution >= 4 is 11.8 Å². The lowest BCUT2D eigenvalue weighted by atomic mass is 10.1. The number of aromatic nitrogens is 1. The van der Waals surface area contributed by atoms with E-state index in [9.17, 15) is 9.59 Å². The number of nitrogens with one attached hydrogen (secondary N) is 1. The Kier molecular flexibility index (Phi) is 6.26. The van der Waals surface area contributed by atoms with Crippen molar-refractivity contribution in [1.82, 2.24) is 15.4 Å². The fourth-order valence-electron chi connectivity index (χ4n) is 3.39. The molecule has 1 aromatic rings. The predicted octanol–water partition coefficient (Wildman–Crippen LogP) is 1.09. The summed E-state index contributed by atoms with van der Waals surface area (Å²) in [6.07, 6.45) is 2.85. The Labute approximate surface area is 153 Å². The van der Waals surface area contributed by atoms with Crippen molar-refractivity contribution in [2.45, 2.75) is 58.3 Å². The van der Waals surface area contributed by atoms with Gasteiger partial charge in [0, 0.05) is 25.1 Å². The van der Waals surface area contributed by atoms with Crippen LogP contribution in [0.2, 0.25) is 0 Å². The van der Waals surface area contributed by atoms with Crippen molar-refractivity contribution in [3.63, 3.8) is 0 Å². The van der Waals surface area contributed by atoms with E-state index in [-0.39, 0.29) is 30.5 Å². The third-order valence-electron chi connectivity index (χ3n) is 5.03. The second-order valence-corrected chi connectivity index (χ2v) is 6.96. The molecule has 0 bridgehead atoms. The molecule has 3 rings (SSSR count). The molecule has 2 atom stereocenters. The summed E-state index contributed by atoms with van der Waals surface area (Å²) in [5, 5.41) is 6.95. The van der Waals surface area contributed by atoms with E-state index in [1.54, 1.807) is 4.90 Å². The highest BCUT2D eigenvalue weighted by atomic mass is 16.5. The van der Waals surface area contributed by atoms with Crippen LogP contribution in [0.15, 0.2) is 4.52 Å². The van der Waals surface area contributed by atoms with Gasteiger partial charge in [0.2, 0.25) is 11.8 Å². The van der Waals surface area contributed by atoms with Crippen molar-refractivity contribution in [2.75, 3.05) is 26.3 Å². The fourth-order valence-corrected chi connectivity index (χ4v) is 3.39. The maximum absolute atomic E-state index is 12.4. The van der Waals surface area contributed by atoms with Crippen molar-refractivity contribution in [2.24, 2.45) is 0 Å². The van der Waals surface area contributed by atoms with E-state index in [0.717, 1.165) is 29.9 Å². The number of amides is 2. The Morgan fingerprint density at radius 1 is 1.38 bits per heavy atom. The third kappa shape index (κ3) is 4.62. The largest absolute Gasteiger partial charge is 0.379 e. The van der Waals surface area contributed by atoms with E-state index in [0.29, 0.717) is 39.2 Å². The van der Waals surface area contributed by atoms with Gasteiger partial charge in [-0.1, -0.05) is 5.16 Å². The van der Waals surface area contributed by atoms with Crippen molar-refractivity contribution < 1.29 is 23.6 Å². The zero-order valence-electron chi connectivity index (χ0n) is 15.5. The maximum atomic E-state index is 12.4. The summed E-state index contributed by atoms with van der Waals surface area (Å²) >= 11 is 0. The molecule has 0 aromatic carbocycles. The van der Waals surface area contributed by atoms with Crippen LogP contribution in [0.5, 0.6) is 0 Å². The molecule has 0 saturated carbocycles. The first-order chi connectivity index (χ1) is 12.5. The standard InChI is InChI=1S/C18H27N3O5/c1-12-14(13(2)26-20-12)10-25-16-11-24-8-6-15(16)19-17(22)9-21-7-4-3-5-18(21)23/h15-16H,3-11H2,1-2H3,(H,19,22). The number of piperidine rings is 1. The van der Waals surface area contributed by atoms with Crippen LogP contribution in [0.3, 0.4) is 0 Å². The second-order valence-electron chi connectivity index (χ2n) is 6.96. The molecule has 8 heteroatoms. The van der Waals surface area contributed by atoms with E-state index in [4.69, 9.17) is 14.0 Å². The third-order valence-corrected chi connectivity index (χ3v) is 5.03. The number of rotatable bonds is 6. The lowest BCUT2D eigenvalue weighted by Gasteiger charge is -2.33. The number of hydrogen-bond donors (Lipinski definition) is 1. The van der Waals surface area contributed by atoms with Gasteiger partial charge in [0.15, 0.2) is 0 Å². The Morgan fingerprint density at radius 3 is 2.96 bits per heavy atom.